The van der Waals surface area contributed by atoms with Crippen LogP contribution in [0.1, 0.15) is 6.92 Å². The number of hydrogen-bond donors (Lipinski definition) is 2. The fraction of sp³-hybridized carbons (Fsp3) is 0.192. The Morgan fingerprint density at radius 1 is 0.844 bits per heavy atom. The topological polar surface area (TPSA) is 68.8 Å². The number of carbonyl (C=O) groups is 1. The van der Waals surface area contributed by atoms with Crippen molar-refractivity contribution in [3.63, 3.8) is 0 Å². The second kappa shape index (κ2) is 12.1. The second-order valence-electron chi connectivity index (χ2n) is 7.18. The zero-order chi connectivity index (χ0) is 22.6. The Kier molecular flexibility index (Phi) is 8.57. The van der Waals surface area contributed by atoms with Gasteiger partial charge in [-0.1, -0.05) is 43.0 Å². The Labute approximate surface area is 188 Å². The number of carbonyl (C=O) groups excluding carboxylic acids is 1. The first-order chi connectivity index (χ1) is 15.6. The molecular weight excluding hydrogens is 404 g/mol. The van der Waals surface area contributed by atoms with E-state index >= 15 is 0 Å². The maximum absolute atomic E-state index is 12.5. The van der Waals surface area contributed by atoms with Gasteiger partial charge in [0.15, 0.2) is 0 Å². The molecule has 6 heteroatoms. The van der Waals surface area contributed by atoms with Gasteiger partial charge in [-0.2, -0.15) is 0 Å². The lowest BCUT2D eigenvalue weighted by Gasteiger charge is -2.14. The van der Waals surface area contributed by atoms with Crippen molar-refractivity contribution in [3.05, 3.63) is 91.0 Å². The highest BCUT2D eigenvalue weighted by atomic mass is 16.5. The molecule has 0 heterocycles. The quantitative estimate of drug-likeness (QED) is 0.306. The number of hydrogen-bond acceptors (Lipinski definition) is 5. The summed E-state index contributed by atoms with van der Waals surface area (Å²) in [6, 6.07) is 24.3. The lowest BCUT2D eigenvalue weighted by atomic mass is 10.2. The normalized spacial score (nSPS) is 10.2. The number of ether oxygens (including phenoxy) is 3. The Bertz CT molecular complexity index is 1020. The number of rotatable bonds is 12. The van der Waals surface area contributed by atoms with E-state index in [9.17, 15) is 4.79 Å². The molecule has 3 aromatic carbocycles. The summed E-state index contributed by atoms with van der Waals surface area (Å²) in [5.41, 5.74) is 2.34. The van der Waals surface area contributed by atoms with Gasteiger partial charge in [-0.05, 0) is 48.9 Å². The van der Waals surface area contributed by atoms with Gasteiger partial charge in [-0.25, -0.2) is 0 Å². The Morgan fingerprint density at radius 3 is 2.38 bits per heavy atom. The van der Waals surface area contributed by atoms with E-state index in [0.717, 1.165) is 22.8 Å². The summed E-state index contributed by atoms with van der Waals surface area (Å²) in [5, 5.41) is 5.99. The minimum Gasteiger partial charge on any atom is -0.490 e. The number of amides is 1. The van der Waals surface area contributed by atoms with Crippen LogP contribution >= 0.6 is 0 Å². The third-order valence-corrected chi connectivity index (χ3v) is 4.29. The molecule has 0 bridgehead atoms. The monoisotopic (exact) mass is 432 g/mol. The SMILES string of the molecule is C=C(C)COc1cccc(NCC(=O)Nc2ccccc2OCCOc2ccccc2)c1. The number of benzene rings is 3. The van der Waals surface area contributed by atoms with Crippen LogP contribution in [0, 0.1) is 0 Å². The zero-order valence-electron chi connectivity index (χ0n) is 18.2. The zero-order valence-corrected chi connectivity index (χ0v) is 18.2. The first-order valence-electron chi connectivity index (χ1n) is 10.4. The molecule has 0 fully saturated rings. The fourth-order valence-electron chi connectivity index (χ4n) is 2.80. The number of anilines is 2. The van der Waals surface area contributed by atoms with Gasteiger partial charge < -0.3 is 24.8 Å². The Hall–Kier alpha value is -3.93. The minimum absolute atomic E-state index is 0.107. The molecule has 0 atom stereocenters. The molecule has 3 aromatic rings. The summed E-state index contributed by atoms with van der Waals surface area (Å²) in [4.78, 5) is 12.5. The number of nitrogens with one attached hydrogen (secondary N) is 2. The highest BCUT2D eigenvalue weighted by molar-refractivity contribution is 5.95. The van der Waals surface area contributed by atoms with E-state index in [1.807, 2.05) is 79.7 Å². The van der Waals surface area contributed by atoms with Crippen molar-refractivity contribution in [1.82, 2.24) is 0 Å². The Morgan fingerprint density at radius 2 is 1.56 bits per heavy atom. The largest absolute Gasteiger partial charge is 0.490 e. The van der Waals surface area contributed by atoms with Crippen molar-refractivity contribution in [2.45, 2.75) is 6.92 Å². The summed E-state index contributed by atoms with van der Waals surface area (Å²) >= 11 is 0. The van der Waals surface area contributed by atoms with Crippen molar-refractivity contribution in [1.29, 1.82) is 0 Å². The third kappa shape index (κ3) is 7.72. The molecule has 2 N–H and O–H groups in total. The third-order valence-electron chi connectivity index (χ3n) is 4.29. The van der Waals surface area contributed by atoms with Crippen LogP contribution in [-0.4, -0.2) is 32.3 Å². The van der Waals surface area contributed by atoms with E-state index in [2.05, 4.69) is 17.2 Å². The van der Waals surface area contributed by atoms with E-state index in [1.54, 1.807) is 6.07 Å². The highest BCUT2D eigenvalue weighted by Gasteiger charge is 2.08. The van der Waals surface area contributed by atoms with E-state index < -0.39 is 0 Å². The van der Waals surface area contributed by atoms with Crippen LogP contribution in [0.4, 0.5) is 11.4 Å². The van der Waals surface area contributed by atoms with Gasteiger partial charge >= 0.3 is 0 Å². The molecule has 1 amide bonds. The number of para-hydroxylation sites is 3. The van der Waals surface area contributed by atoms with Gasteiger partial charge in [0.1, 0.15) is 37.1 Å². The second-order valence-corrected chi connectivity index (χ2v) is 7.18. The molecule has 0 radical (unpaired) electrons. The summed E-state index contributed by atoms with van der Waals surface area (Å²) in [7, 11) is 0. The van der Waals surface area contributed by atoms with Gasteiger partial charge in [0, 0.05) is 11.8 Å². The fourth-order valence-corrected chi connectivity index (χ4v) is 2.80. The standard InChI is InChI=1S/C26H28N2O4/c1-20(2)19-32-23-12-8-9-21(17-23)27-18-26(29)28-24-13-6-7-14-25(24)31-16-15-30-22-10-4-3-5-11-22/h3-14,17,27H,1,15-16,18-19H2,2H3,(H,28,29). The van der Waals surface area contributed by atoms with Crippen LogP contribution in [0.3, 0.4) is 0 Å². The first-order valence-corrected chi connectivity index (χ1v) is 10.4. The van der Waals surface area contributed by atoms with E-state index in [0.29, 0.717) is 31.3 Å². The van der Waals surface area contributed by atoms with Crippen LogP contribution in [-0.2, 0) is 4.79 Å². The van der Waals surface area contributed by atoms with E-state index in [1.165, 1.54) is 0 Å². The van der Waals surface area contributed by atoms with Crippen molar-refractivity contribution in [2.75, 3.05) is 37.0 Å². The molecule has 0 aromatic heterocycles. The maximum Gasteiger partial charge on any atom is 0.243 e. The summed E-state index contributed by atoms with van der Waals surface area (Å²) in [5.74, 6) is 1.91. The molecule has 0 saturated carbocycles. The van der Waals surface area contributed by atoms with Crippen LogP contribution in [0.15, 0.2) is 91.0 Å². The summed E-state index contributed by atoms with van der Waals surface area (Å²) in [6.45, 7) is 7.05. The average Bonchev–Trinajstić information content (AvgIpc) is 2.81. The van der Waals surface area contributed by atoms with Crippen LogP contribution in [0.5, 0.6) is 17.2 Å². The molecule has 6 nitrogen and oxygen atoms in total. The van der Waals surface area contributed by atoms with Crippen molar-refractivity contribution >= 4 is 17.3 Å². The molecule has 3 rings (SSSR count). The van der Waals surface area contributed by atoms with Gasteiger partial charge in [0.05, 0.1) is 12.2 Å². The van der Waals surface area contributed by atoms with E-state index in [-0.39, 0.29) is 12.5 Å². The molecule has 0 unspecified atom stereocenters. The molecule has 0 spiro atoms. The van der Waals surface area contributed by atoms with Crippen LogP contribution in [0.2, 0.25) is 0 Å². The predicted octanol–water partition coefficient (Wildman–Crippen LogP) is 5.15. The molecule has 0 saturated heterocycles. The van der Waals surface area contributed by atoms with Crippen LogP contribution < -0.4 is 24.8 Å². The summed E-state index contributed by atoms with van der Waals surface area (Å²) < 4.78 is 17.1. The predicted molar refractivity (Wildman–Crippen MR) is 128 cm³/mol. The molecule has 32 heavy (non-hydrogen) atoms. The average molecular weight is 433 g/mol. The van der Waals surface area contributed by atoms with Gasteiger partial charge in [0.25, 0.3) is 0 Å². The molecule has 166 valence electrons. The van der Waals surface area contributed by atoms with Crippen molar-refractivity contribution < 1.29 is 19.0 Å². The molecule has 0 aliphatic rings. The first kappa shape index (κ1) is 22.7. The summed E-state index contributed by atoms with van der Waals surface area (Å²) in [6.07, 6.45) is 0. The molecular formula is C26H28N2O4. The van der Waals surface area contributed by atoms with E-state index in [4.69, 9.17) is 14.2 Å². The van der Waals surface area contributed by atoms with Crippen molar-refractivity contribution in [2.24, 2.45) is 0 Å². The van der Waals surface area contributed by atoms with Gasteiger partial charge in [0.2, 0.25) is 5.91 Å². The minimum atomic E-state index is -0.185. The van der Waals surface area contributed by atoms with Crippen LogP contribution in [0.25, 0.3) is 0 Å². The van der Waals surface area contributed by atoms with Gasteiger partial charge in [-0.3, -0.25) is 4.79 Å². The maximum atomic E-state index is 12.5. The highest BCUT2D eigenvalue weighted by Crippen LogP contribution is 2.24. The molecule has 0 aliphatic carbocycles. The van der Waals surface area contributed by atoms with Crippen molar-refractivity contribution in [3.8, 4) is 17.2 Å². The van der Waals surface area contributed by atoms with Gasteiger partial charge in [-0.15, -0.1) is 0 Å². The lowest BCUT2D eigenvalue weighted by molar-refractivity contribution is -0.114. The smallest absolute Gasteiger partial charge is 0.243 e. The lowest BCUT2D eigenvalue weighted by Crippen LogP contribution is -2.22. The molecule has 0 aliphatic heterocycles. The Balaban J connectivity index is 1.47.